The molecule has 0 saturated carbocycles. The van der Waals surface area contributed by atoms with Gasteiger partial charge in [0.1, 0.15) is 5.69 Å². The summed E-state index contributed by atoms with van der Waals surface area (Å²) in [5, 5.41) is 2.93. The van der Waals surface area contributed by atoms with Crippen LogP contribution in [-0.2, 0) is 6.42 Å². The number of amides is 1. The molecule has 1 fully saturated rings. The van der Waals surface area contributed by atoms with Gasteiger partial charge in [0.2, 0.25) is 0 Å². The maximum absolute atomic E-state index is 12.3. The maximum atomic E-state index is 12.3. The van der Waals surface area contributed by atoms with Crippen molar-refractivity contribution in [3.63, 3.8) is 0 Å². The number of rotatable bonds is 4. The molecule has 0 aliphatic carbocycles. The molecular formula is C13H21N3OS. The maximum Gasteiger partial charge on any atom is 0.273 e. The predicted octanol–water partition coefficient (Wildman–Crippen LogP) is 1.90. The highest BCUT2D eigenvalue weighted by atomic mass is 32.1. The first-order valence-electron chi connectivity index (χ1n) is 6.57. The molecule has 1 aromatic heterocycles. The van der Waals surface area contributed by atoms with Gasteiger partial charge < -0.3 is 10.6 Å². The van der Waals surface area contributed by atoms with Gasteiger partial charge in [-0.25, -0.2) is 4.98 Å². The van der Waals surface area contributed by atoms with E-state index < -0.39 is 0 Å². The van der Waals surface area contributed by atoms with E-state index in [2.05, 4.69) is 18.8 Å². The highest BCUT2D eigenvalue weighted by molar-refractivity contribution is 7.09. The Kier molecular flexibility index (Phi) is 4.35. The van der Waals surface area contributed by atoms with Crippen LogP contribution in [0.5, 0.6) is 0 Å². The highest BCUT2D eigenvalue weighted by Gasteiger charge is 2.29. The average molecular weight is 267 g/mol. The topological polar surface area (TPSA) is 59.2 Å². The molecule has 2 N–H and O–H groups in total. The molecule has 2 rings (SSSR count). The lowest BCUT2D eigenvalue weighted by Crippen LogP contribution is -2.40. The third-order valence-corrected chi connectivity index (χ3v) is 4.13. The molecule has 1 atom stereocenters. The zero-order chi connectivity index (χ0) is 13.1. The van der Waals surface area contributed by atoms with Crippen LogP contribution >= 0.6 is 11.3 Å². The molecule has 1 saturated heterocycles. The van der Waals surface area contributed by atoms with Gasteiger partial charge in [-0.15, -0.1) is 11.3 Å². The number of likely N-dealkylation sites (tertiary alicyclic amines) is 1. The van der Waals surface area contributed by atoms with E-state index in [0.29, 0.717) is 18.2 Å². The molecule has 100 valence electrons. The van der Waals surface area contributed by atoms with Crippen molar-refractivity contribution in [2.45, 2.75) is 39.2 Å². The largest absolute Gasteiger partial charge is 0.333 e. The molecule has 1 aliphatic heterocycles. The monoisotopic (exact) mass is 267 g/mol. The van der Waals surface area contributed by atoms with Crippen LogP contribution in [0.4, 0.5) is 0 Å². The first-order valence-corrected chi connectivity index (χ1v) is 7.45. The molecular weight excluding hydrogens is 246 g/mol. The second-order valence-corrected chi connectivity index (χ2v) is 6.20. The zero-order valence-corrected chi connectivity index (χ0v) is 11.9. The molecule has 5 heteroatoms. The van der Waals surface area contributed by atoms with E-state index >= 15 is 0 Å². The minimum Gasteiger partial charge on any atom is -0.333 e. The number of carbonyl (C=O) groups excluding carboxylic acids is 1. The van der Waals surface area contributed by atoms with Crippen LogP contribution < -0.4 is 5.73 Å². The Labute approximate surface area is 112 Å². The lowest BCUT2D eigenvalue weighted by atomic mass is 10.1. The van der Waals surface area contributed by atoms with Gasteiger partial charge in [0.05, 0.1) is 5.01 Å². The number of carbonyl (C=O) groups is 1. The molecule has 4 nitrogen and oxygen atoms in total. The lowest BCUT2D eigenvalue weighted by Gasteiger charge is -2.22. The third kappa shape index (κ3) is 2.90. The van der Waals surface area contributed by atoms with E-state index in [0.717, 1.165) is 30.8 Å². The van der Waals surface area contributed by atoms with E-state index in [4.69, 9.17) is 5.73 Å². The van der Waals surface area contributed by atoms with Gasteiger partial charge >= 0.3 is 0 Å². The van der Waals surface area contributed by atoms with Gasteiger partial charge in [0, 0.05) is 30.9 Å². The molecule has 1 amide bonds. The Balaban J connectivity index is 2.06. The highest BCUT2D eigenvalue weighted by Crippen LogP contribution is 2.21. The summed E-state index contributed by atoms with van der Waals surface area (Å²) in [6.07, 6.45) is 3.01. The van der Waals surface area contributed by atoms with E-state index in [-0.39, 0.29) is 11.9 Å². The van der Waals surface area contributed by atoms with Crippen molar-refractivity contribution in [1.82, 2.24) is 9.88 Å². The van der Waals surface area contributed by atoms with Crippen molar-refractivity contribution >= 4 is 17.2 Å². The Morgan fingerprint density at radius 2 is 2.44 bits per heavy atom. The summed E-state index contributed by atoms with van der Waals surface area (Å²) in [5.74, 6) is 0.622. The predicted molar refractivity (Wildman–Crippen MR) is 73.8 cm³/mol. The van der Waals surface area contributed by atoms with E-state index in [1.54, 1.807) is 11.3 Å². The van der Waals surface area contributed by atoms with E-state index in [1.165, 1.54) is 0 Å². The second kappa shape index (κ2) is 5.80. The quantitative estimate of drug-likeness (QED) is 0.906. The number of hydrogen-bond donors (Lipinski definition) is 1. The Morgan fingerprint density at radius 3 is 3.11 bits per heavy atom. The van der Waals surface area contributed by atoms with Crippen molar-refractivity contribution in [2.75, 3.05) is 13.1 Å². The number of aromatic nitrogens is 1. The SMILES string of the molecule is CC(C)Cc1nc(C(=O)N2CCCC2CN)cs1. The van der Waals surface area contributed by atoms with Crippen molar-refractivity contribution in [1.29, 1.82) is 0 Å². The summed E-state index contributed by atoms with van der Waals surface area (Å²) < 4.78 is 0. The minimum absolute atomic E-state index is 0.0502. The summed E-state index contributed by atoms with van der Waals surface area (Å²) in [5.41, 5.74) is 6.29. The Hall–Kier alpha value is -0.940. The van der Waals surface area contributed by atoms with Crippen LogP contribution in [0.3, 0.4) is 0 Å². The minimum atomic E-state index is 0.0502. The van der Waals surface area contributed by atoms with Crippen LogP contribution in [0, 0.1) is 5.92 Å². The van der Waals surface area contributed by atoms with Crippen molar-refractivity contribution < 1.29 is 4.79 Å². The molecule has 0 aromatic carbocycles. The molecule has 1 aliphatic rings. The second-order valence-electron chi connectivity index (χ2n) is 5.25. The molecule has 1 aromatic rings. The van der Waals surface area contributed by atoms with Gasteiger partial charge in [0.25, 0.3) is 5.91 Å². The summed E-state index contributed by atoms with van der Waals surface area (Å²) >= 11 is 1.58. The van der Waals surface area contributed by atoms with Crippen LogP contribution in [0.15, 0.2) is 5.38 Å². The van der Waals surface area contributed by atoms with Crippen molar-refractivity contribution in [3.8, 4) is 0 Å². The molecule has 0 radical (unpaired) electrons. The smallest absolute Gasteiger partial charge is 0.273 e. The van der Waals surface area contributed by atoms with E-state index in [9.17, 15) is 4.79 Å². The first kappa shape index (κ1) is 13.5. The fourth-order valence-corrected chi connectivity index (χ4v) is 3.33. The van der Waals surface area contributed by atoms with Crippen LogP contribution in [0.1, 0.15) is 42.2 Å². The van der Waals surface area contributed by atoms with Crippen molar-refractivity contribution in [2.24, 2.45) is 11.7 Å². The summed E-state index contributed by atoms with van der Waals surface area (Å²) in [7, 11) is 0. The molecule has 0 bridgehead atoms. The molecule has 1 unspecified atom stereocenters. The number of thiazole rings is 1. The number of nitrogens with zero attached hydrogens (tertiary/aromatic N) is 2. The third-order valence-electron chi connectivity index (χ3n) is 3.26. The molecule has 18 heavy (non-hydrogen) atoms. The lowest BCUT2D eigenvalue weighted by molar-refractivity contribution is 0.0736. The fraction of sp³-hybridized carbons (Fsp3) is 0.692. The summed E-state index contributed by atoms with van der Waals surface area (Å²) in [6, 6.07) is 0.202. The van der Waals surface area contributed by atoms with Gasteiger partial charge in [-0.05, 0) is 18.8 Å². The van der Waals surface area contributed by atoms with Gasteiger partial charge in [0.15, 0.2) is 0 Å². The van der Waals surface area contributed by atoms with Crippen LogP contribution in [-0.4, -0.2) is 34.9 Å². The Bertz CT molecular complexity index is 416. The molecule has 2 heterocycles. The van der Waals surface area contributed by atoms with Gasteiger partial charge in [-0.1, -0.05) is 13.8 Å². The average Bonchev–Trinajstić information content (AvgIpc) is 2.95. The van der Waals surface area contributed by atoms with Gasteiger partial charge in [-0.3, -0.25) is 4.79 Å². The van der Waals surface area contributed by atoms with Crippen molar-refractivity contribution in [3.05, 3.63) is 16.1 Å². The summed E-state index contributed by atoms with van der Waals surface area (Å²) in [6.45, 7) is 5.69. The molecule has 0 spiro atoms. The Morgan fingerprint density at radius 1 is 1.67 bits per heavy atom. The summed E-state index contributed by atoms with van der Waals surface area (Å²) in [4.78, 5) is 18.7. The standard InChI is InChI=1S/C13H21N3OS/c1-9(2)6-12-15-11(8-18-12)13(17)16-5-3-4-10(16)7-14/h8-10H,3-7,14H2,1-2H3. The number of hydrogen-bond acceptors (Lipinski definition) is 4. The normalized spacial score (nSPS) is 19.8. The number of nitrogens with two attached hydrogens (primary N) is 1. The fourth-order valence-electron chi connectivity index (χ4n) is 2.35. The van der Waals surface area contributed by atoms with Crippen LogP contribution in [0.25, 0.3) is 0 Å². The van der Waals surface area contributed by atoms with E-state index in [1.807, 2.05) is 10.3 Å². The van der Waals surface area contributed by atoms with Gasteiger partial charge in [-0.2, -0.15) is 0 Å². The first-order chi connectivity index (χ1) is 8.61. The zero-order valence-electron chi connectivity index (χ0n) is 11.1. The van der Waals surface area contributed by atoms with Crippen LogP contribution in [0.2, 0.25) is 0 Å².